The Bertz CT molecular complexity index is 488. The van der Waals surface area contributed by atoms with Gasteiger partial charge in [-0.2, -0.15) is 0 Å². The van der Waals surface area contributed by atoms with E-state index < -0.39 is 0 Å². The molecule has 0 spiro atoms. The van der Waals surface area contributed by atoms with Crippen molar-refractivity contribution in [2.75, 3.05) is 0 Å². The maximum Gasteiger partial charge on any atom is 0.125 e. The minimum absolute atomic E-state index is 0.0366. The molecule has 0 bridgehead atoms. The molecule has 0 atom stereocenters. The lowest BCUT2D eigenvalue weighted by atomic mass is 10.2. The number of benzene rings is 1. The fourth-order valence-electron chi connectivity index (χ4n) is 1.45. The number of halogens is 1. The summed E-state index contributed by atoms with van der Waals surface area (Å²) in [6.45, 7) is 0.433. The molecule has 0 fully saturated rings. The predicted octanol–water partition coefficient (Wildman–Crippen LogP) is 2.92. The molecule has 0 amide bonds. The van der Waals surface area contributed by atoms with Crippen LogP contribution in [-0.2, 0) is 13.2 Å². The highest BCUT2D eigenvalue weighted by atomic mass is 79.9. The van der Waals surface area contributed by atoms with Gasteiger partial charge in [-0.3, -0.25) is 4.98 Å². The van der Waals surface area contributed by atoms with Gasteiger partial charge in [0.15, 0.2) is 0 Å². The van der Waals surface area contributed by atoms with Crippen molar-refractivity contribution in [1.82, 2.24) is 4.98 Å². The van der Waals surface area contributed by atoms with E-state index in [0.717, 1.165) is 15.6 Å². The van der Waals surface area contributed by atoms with Crippen molar-refractivity contribution in [2.45, 2.75) is 13.2 Å². The lowest BCUT2D eigenvalue weighted by Crippen LogP contribution is -1.98. The number of aliphatic hydroxyl groups is 1. The van der Waals surface area contributed by atoms with E-state index in [-0.39, 0.29) is 6.61 Å². The first kappa shape index (κ1) is 12.1. The molecule has 1 N–H and O–H groups in total. The monoisotopic (exact) mass is 293 g/mol. The van der Waals surface area contributed by atoms with Crippen molar-refractivity contribution >= 4 is 15.9 Å². The molecule has 0 aliphatic rings. The number of aliphatic hydroxyl groups excluding tert-OH is 1. The summed E-state index contributed by atoms with van der Waals surface area (Å²) < 4.78 is 6.59. The number of nitrogens with zero attached hydrogens (tertiary/aromatic N) is 1. The number of hydrogen-bond acceptors (Lipinski definition) is 3. The fraction of sp³-hybridized carbons (Fsp3) is 0.154. The first-order chi connectivity index (χ1) is 8.29. The van der Waals surface area contributed by atoms with Crippen LogP contribution in [0.1, 0.15) is 11.1 Å². The average Bonchev–Trinajstić information content (AvgIpc) is 2.38. The van der Waals surface area contributed by atoms with E-state index >= 15 is 0 Å². The molecule has 2 rings (SSSR count). The van der Waals surface area contributed by atoms with Crippen LogP contribution in [0.4, 0.5) is 0 Å². The van der Waals surface area contributed by atoms with Crippen LogP contribution in [0.3, 0.4) is 0 Å². The maximum atomic E-state index is 9.23. The van der Waals surface area contributed by atoms with E-state index in [2.05, 4.69) is 20.9 Å². The number of hydrogen-bond donors (Lipinski definition) is 1. The highest BCUT2D eigenvalue weighted by Crippen LogP contribution is 2.23. The zero-order valence-corrected chi connectivity index (χ0v) is 10.7. The molecule has 0 saturated heterocycles. The second-order valence-corrected chi connectivity index (χ2v) is 4.47. The zero-order valence-electron chi connectivity index (χ0n) is 9.14. The molecule has 2 aromatic rings. The Morgan fingerprint density at radius 1 is 1.18 bits per heavy atom. The number of pyridine rings is 1. The summed E-state index contributed by atoms with van der Waals surface area (Å²) >= 11 is 3.36. The Balaban J connectivity index is 2.09. The normalized spacial score (nSPS) is 10.2. The van der Waals surface area contributed by atoms with Gasteiger partial charge < -0.3 is 9.84 Å². The number of rotatable bonds is 4. The molecule has 1 aromatic heterocycles. The van der Waals surface area contributed by atoms with Crippen LogP contribution in [0.2, 0.25) is 0 Å². The summed E-state index contributed by atoms with van der Waals surface area (Å²) in [5, 5.41) is 9.23. The van der Waals surface area contributed by atoms with E-state index in [9.17, 15) is 5.11 Å². The van der Waals surface area contributed by atoms with Gasteiger partial charge in [0.05, 0.1) is 6.61 Å². The summed E-state index contributed by atoms with van der Waals surface area (Å²) in [7, 11) is 0. The minimum Gasteiger partial charge on any atom is -0.489 e. The molecule has 3 nitrogen and oxygen atoms in total. The summed E-state index contributed by atoms with van der Waals surface area (Å²) in [5.41, 5.74) is 1.82. The van der Waals surface area contributed by atoms with Crippen LogP contribution >= 0.6 is 15.9 Å². The van der Waals surface area contributed by atoms with Gasteiger partial charge in [-0.05, 0) is 35.9 Å². The van der Waals surface area contributed by atoms with Gasteiger partial charge in [0.1, 0.15) is 12.4 Å². The van der Waals surface area contributed by atoms with Crippen molar-refractivity contribution < 1.29 is 9.84 Å². The van der Waals surface area contributed by atoms with E-state index in [1.54, 1.807) is 12.4 Å². The van der Waals surface area contributed by atoms with Gasteiger partial charge in [-0.1, -0.05) is 15.9 Å². The summed E-state index contributed by atoms with van der Waals surface area (Å²) in [4.78, 5) is 3.94. The molecular weight excluding hydrogens is 282 g/mol. The third kappa shape index (κ3) is 3.28. The summed E-state index contributed by atoms with van der Waals surface area (Å²) in [6, 6.07) is 9.38. The zero-order chi connectivity index (χ0) is 12.1. The average molecular weight is 294 g/mol. The molecule has 17 heavy (non-hydrogen) atoms. The van der Waals surface area contributed by atoms with Gasteiger partial charge >= 0.3 is 0 Å². The highest BCUT2D eigenvalue weighted by Gasteiger charge is 2.03. The molecule has 0 aliphatic heterocycles. The van der Waals surface area contributed by atoms with Gasteiger partial charge in [0.25, 0.3) is 0 Å². The Morgan fingerprint density at radius 2 is 1.94 bits per heavy atom. The third-order valence-electron chi connectivity index (χ3n) is 2.34. The Kier molecular flexibility index (Phi) is 4.12. The van der Waals surface area contributed by atoms with Crippen LogP contribution in [0, 0.1) is 0 Å². The van der Waals surface area contributed by atoms with Crippen molar-refractivity contribution in [3.63, 3.8) is 0 Å². The largest absolute Gasteiger partial charge is 0.489 e. The molecule has 0 aliphatic carbocycles. The Labute approximate surface area is 108 Å². The van der Waals surface area contributed by atoms with E-state index in [1.807, 2.05) is 30.3 Å². The van der Waals surface area contributed by atoms with Crippen molar-refractivity contribution in [2.24, 2.45) is 0 Å². The van der Waals surface area contributed by atoms with Crippen LogP contribution in [-0.4, -0.2) is 10.1 Å². The molecule has 0 saturated carbocycles. The van der Waals surface area contributed by atoms with Crippen molar-refractivity contribution in [3.05, 3.63) is 58.3 Å². The topological polar surface area (TPSA) is 42.4 Å². The maximum absolute atomic E-state index is 9.23. The standard InChI is InChI=1S/C13H12BrNO2/c14-12-1-2-13(11(7-12)8-16)17-9-10-3-5-15-6-4-10/h1-7,16H,8-9H2. The third-order valence-corrected chi connectivity index (χ3v) is 2.83. The molecule has 88 valence electrons. The van der Waals surface area contributed by atoms with Crippen LogP contribution in [0.25, 0.3) is 0 Å². The minimum atomic E-state index is -0.0366. The van der Waals surface area contributed by atoms with Crippen LogP contribution in [0.15, 0.2) is 47.2 Å². The van der Waals surface area contributed by atoms with Crippen LogP contribution in [0.5, 0.6) is 5.75 Å². The Hall–Kier alpha value is -1.39. The first-order valence-corrected chi connectivity index (χ1v) is 6.00. The van der Waals surface area contributed by atoms with Gasteiger partial charge in [0, 0.05) is 22.4 Å². The van der Waals surface area contributed by atoms with E-state index in [4.69, 9.17) is 4.74 Å². The SMILES string of the molecule is OCc1cc(Br)ccc1OCc1ccncc1. The fourth-order valence-corrected chi connectivity index (χ4v) is 1.86. The molecular formula is C13H12BrNO2. The smallest absolute Gasteiger partial charge is 0.125 e. The lowest BCUT2D eigenvalue weighted by Gasteiger charge is -2.10. The van der Waals surface area contributed by atoms with Gasteiger partial charge in [0.2, 0.25) is 0 Å². The quantitative estimate of drug-likeness (QED) is 0.942. The molecule has 0 unspecified atom stereocenters. The highest BCUT2D eigenvalue weighted by molar-refractivity contribution is 9.10. The summed E-state index contributed by atoms with van der Waals surface area (Å²) in [5.74, 6) is 0.701. The van der Waals surface area contributed by atoms with Gasteiger partial charge in [-0.25, -0.2) is 0 Å². The second-order valence-electron chi connectivity index (χ2n) is 3.55. The molecule has 0 radical (unpaired) electrons. The molecule has 1 aromatic carbocycles. The first-order valence-electron chi connectivity index (χ1n) is 5.20. The predicted molar refractivity (Wildman–Crippen MR) is 68.6 cm³/mol. The number of aromatic nitrogens is 1. The number of ether oxygens (including phenoxy) is 1. The molecule has 1 heterocycles. The van der Waals surface area contributed by atoms with E-state index in [0.29, 0.717) is 12.4 Å². The van der Waals surface area contributed by atoms with Crippen LogP contribution < -0.4 is 4.74 Å². The van der Waals surface area contributed by atoms with Crippen molar-refractivity contribution in [3.8, 4) is 5.75 Å². The van der Waals surface area contributed by atoms with Gasteiger partial charge in [-0.15, -0.1) is 0 Å². The Morgan fingerprint density at radius 3 is 2.65 bits per heavy atom. The summed E-state index contributed by atoms with van der Waals surface area (Å²) in [6.07, 6.45) is 3.46. The lowest BCUT2D eigenvalue weighted by molar-refractivity contribution is 0.259. The molecule has 4 heteroatoms. The van der Waals surface area contributed by atoms with Crippen molar-refractivity contribution in [1.29, 1.82) is 0 Å². The van der Waals surface area contributed by atoms with E-state index in [1.165, 1.54) is 0 Å². The second kappa shape index (κ2) is 5.80.